The molecule has 0 nitrogen and oxygen atoms in total. The second-order valence-corrected chi connectivity index (χ2v) is 3.77. The molecule has 0 saturated heterocycles. The Kier molecular flexibility index (Phi) is 2.98. The maximum atomic E-state index is 3.46. The van der Waals surface area contributed by atoms with Gasteiger partial charge in [0.25, 0.3) is 0 Å². The van der Waals surface area contributed by atoms with E-state index in [1.54, 1.807) is 0 Å². The third-order valence-corrected chi connectivity index (χ3v) is 2.69. The highest BCUT2D eigenvalue weighted by atomic mass is 79.9. The Morgan fingerprint density at radius 1 is 1.50 bits per heavy atom. The molecule has 0 spiro atoms. The van der Waals surface area contributed by atoms with Crippen molar-refractivity contribution in [3.8, 4) is 0 Å². The number of hydrogen-bond acceptors (Lipinski definition) is 0. The van der Waals surface area contributed by atoms with Crippen molar-refractivity contribution in [2.45, 2.75) is 20.8 Å². The molecule has 0 aromatic heterocycles. The SMILES string of the molecule is CC(C)(C)C([Si])=CBr. The first-order chi connectivity index (χ1) is 3.48. The van der Waals surface area contributed by atoms with Crippen molar-refractivity contribution in [1.29, 1.82) is 0 Å². The molecule has 0 unspecified atom stereocenters. The Hall–Kier alpha value is 0.437. The Bertz CT molecular complexity index is 99.6. The molecule has 2 heteroatoms. The van der Waals surface area contributed by atoms with Crippen molar-refractivity contribution in [3.63, 3.8) is 0 Å². The second-order valence-electron chi connectivity index (χ2n) is 2.77. The van der Waals surface area contributed by atoms with Gasteiger partial charge in [0.1, 0.15) is 0 Å². The standard InChI is InChI=1S/C6H10BrSi/c1-6(2,3)5(8)4-7/h4H,1-3H3. The minimum Gasteiger partial charge on any atom is -0.0764 e. The van der Waals surface area contributed by atoms with Crippen LogP contribution >= 0.6 is 15.9 Å². The molecule has 0 saturated carbocycles. The van der Waals surface area contributed by atoms with Crippen LogP contribution < -0.4 is 0 Å². The summed E-state index contributed by atoms with van der Waals surface area (Å²) in [5, 5.41) is 1.18. The van der Waals surface area contributed by atoms with Crippen LogP contribution in [0.2, 0.25) is 0 Å². The highest BCUT2D eigenvalue weighted by molar-refractivity contribution is 9.11. The van der Waals surface area contributed by atoms with Crippen molar-refractivity contribution in [2.24, 2.45) is 5.41 Å². The summed E-state index contributed by atoms with van der Waals surface area (Å²) >= 11 is 3.24. The summed E-state index contributed by atoms with van der Waals surface area (Å²) < 4.78 is 0. The van der Waals surface area contributed by atoms with Gasteiger partial charge in [-0.15, -0.1) is 0 Å². The van der Waals surface area contributed by atoms with E-state index >= 15 is 0 Å². The van der Waals surface area contributed by atoms with Crippen molar-refractivity contribution in [2.75, 3.05) is 0 Å². The van der Waals surface area contributed by atoms with E-state index in [2.05, 4.69) is 46.9 Å². The minimum atomic E-state index is 0.236. The predicted octanol–water partition coefficient (Wildman–Crippen LogP) is 2.44. The molecule has 8 heavy (non-hydrogen) atoms. The van der Waals surface area contributed by atoms with Gasteiger partial charge in [-0.25, -0.2) is 0 Å². The summed E-state index contributed by atoms with van der Waals surface area (Å²) in [5.41, 5.74) is 0.236. The molecule has 0 atom stereocenters. The zero-order valence-electron chi connectivity index (χ0n) is 5.46. The summed E-state index contributed by atoms with van der Waals surface area (Å²) in [4.78, 5) is 1.89. The molecule has 0 fully saturated rings. The molecule has 0 aliphatic rings. The monoisotopic (exact) mass is 189 g/mol. The van der Waals surface area contributed by atoms with E-state index in [0.29, 0.717) is 0 Å². The van der Waals surface area contributed by atoms with Gasteiger partial charge in [-0.3, -0.25) is 0 Å². The summed E-state index contributed by atoms with van der Waals surface area (Å²) in [5.74, 6) is 0. The Balaban J connectivity index is 4.03. The molecule has 0 rings (SSSR count). The van der Waals surface area contributed by atoms with Gasteiger partial charge < -0.3 is 0 Å². The number of halogens is 1. The molecule has 0 amide bonds. The van der Waals surface area contributed by atoms with Crippen LogP contribution in [0.1, 0.15) is 20.8 Å². The zero-order valence-corrected chi connectivity index (χ0v) is 8.04. The third kappa shape index (κ3) is 2.67. The van der Waals surface area contributed by atoms with Crippen molar-refractivity contribution in [1.82, 2.24) is 0 Å². The fraction of sp³-hybridized carbons (Fsp3) is 0.667. The van der Waals surface area contributed by atoms with E-state index in [0.717, 1.165) is 0 Å². The van der Waals surface area contributed by atoms with Crippen molar-refractivity contribution < 1.29 is 0 Å². The van der Waals surface area contributed by atoms with Crippen LogP contribution in [0.4, 0.5) is 0 Å². The lowest BCUT2D eigenvalue weighted by atomic mass is 9.97. The van der Waals surface area contributed by atoms with Gasteiger partial charge in [0.2, 0.25) is 0 Å². The Morgan fingerprint density at radius 3 is 1.88 bits per heavy atom. The maximum absolute atomic E-state index is 3.46. The van der Waals surface area contributed by atoms with Crippen LogP contribution in [0.15, 0.2) is 10.2 Å². The van der Waals surface area contributed by atoms with Gasteiger partial charge in [0.15, 0.2) is 0 Å². The number of hydrogen-bond donors (Lipinski definition) is 0. The van der Waals surface area contributed by atoms with Crippen molar-refractivity contribution in [3.05, 3.63) is 10.2 Å². The van der Waals surface area contributed by atoms with Gasteiger partial charge in [0, 0.05) is 0 Å². The van der Waals surface area contributed by atoms with Gasteiger partial charge in [-0.1, -0.05) is 41.9 Å². The van der Waals surface area contributed by atoms with Crippen LogP contribution in [-0.4, -0.2) is 10.2 Å². The molecule has 0 aliphatic carbocycles. The van der Waals surface area contributed by atoms with Crippen LogP contribution in [0.25, 0.3) is 0 Å². The normalized spacial score (nSPS) is 14.4. The van der Waals surface area contributed by atoms with E-state index in [1.807, 2.05) is 4.99 Å². The summed E-state index contributed by atoms with van der Waals surface area (Å²) in [7, 11) is 3.46. The van der Waals surface area contributed by atoms with E-state index in [-0.39, 0.29) is 5.41 Å². The first kappa shape index (κ1) is 8.44. The highest BCUT2D eigenvalue weighted by Crippen LogP contribution is 2.22. The first-order valence-electron chi connectivity index (χ1n) is 2.51. The molecule has 0 bridgehead atoms. The second kappa shape index (κ2) is 2.83. The van der Waals surface area contributed by atoms with E-state index in [4.69, 9.17) is 0 Å². The van der Waals surface area contributed by atoms with E-state index in [1.165, 1.54) is 5.20 Å². The Labute approximate surface area is 62.9 Å². The average Bonchev–Trinajstić information content (AvgIpc) is 1.62. The zero-order chi connectivity index (χ0) is 6.78. The van der Waals surface area contributed by atoms with Crippen LogP contribution in [0, 0.1) is 5.41 Å². The molecule has 45 valence electrons. The van der Waals surface area contributed by atoms with Crippen LogP contribution in [-0.2, 0) is 0 Å². The molecule has 0 N–H and O–H groups in total. The molecule has 0 aromatic rings. The van der Waals surface area contributed by atoms with Gasteiger partial charge in [-0.05, 0) is 10.4 Å². The van der Waals surface area contributed by atoms with E-state index < -0.39 is 0 Å². The third-order valence-electron chi connectivity index (χ3n) is 0.917. The topological polar surface area (TPSA) is 0 Å². The molecular weight excluding hydrogens is 180 g/mol. The molecular formula is C6H10BrSi. The summed E-state index contributed by atoms with van der Waals surface area (Å²) in [6.07, 6.45) is 0. The predicted molar refractivity (Wildman–Crippen MR) is 42.2 cm³/mol. The van der Waals surface area contributed by atoms with E-state index in [9.17, 15) is 0 Å². The number of allylic oxidation sites excluding steroid dienone is 1. The van der Waals surface area contributed by atoms with Gasteiger partial charge in [0.05, 0.1) is 10.2 Å². The lowest BCUT2D eigenvalue weighted by molar-refractivity contribution is 0.532. The molecule has 0 aliphatic heterocycles. The maximum Gasteiger partial charge on any atom is 0.0665 e. The highest BCUT2D eigenvalue weighted by Gasteiger charge is 2.10. The lowest BCUT2D eigenvalue weighted by Gasteiger charge is -2.17. The average molecular weight is 190 g/mol. The fourth-order valence-electron chi connectivity index (χ4n) is 0.164. The largest absolute Gasteiger partial charge is 0.0764 e. The fourth-order valence-corrected chi connectivity index (χ4v) is 0.850. The molecule has 0 aromatic carbocycles. The Morgan fingerprint density at radius 2 is 1.88 bits per heavy atom. The smallest absolute Gasteiger partial charge is 0.0665 e. The molecule has 3 radical (unpaired) electrons. The quantitative estimate of drug-likeness (QED) is 0.514. The summed E-state index contributed by atoms with van der Waals surface area (Å²) in [6.45, 7) is 6.44. The number of rotatable bonds is 0. The van der Waals surface area contributed by atoms with Gasteiger partial charge >= 0.3 is 0 Å². The van der Waals surface area contributed by atoms with Crippen molar-refractivity contribution >= 4 is 26.2 Å². The lowest BCUT2D eigenvalue weighted by Crippen LogP contribution is -2.08. The van der Waals surface area contributed by atoms with Crippen LogP contribution in [0.3, 0.4) is 0 Å². The van der Waals surface area contributed by atoms with Gasteiger partial charge in [-0.2, -0.15) is 0 Å². The first-order valence-corrected chi connectivity index (χ1v) is 3.92. The summed E-state index contributed by atoms with van der Waals surface area (Å²) in [6, 6.07) is 0. The minimum absolute atomic E-state index is 0.236. The van der Waals surface area contributed by atoms with Crippen LogP contribution in [0.5, 0.6) is 0 Å². The molecule has 0 heterocycles.